The van der Waals surface area contributed by atoms with Crippen LogP contribution in [-0.4, -0.2) is 44.0 Å². The summed E-state index contributed by atoms with van der Waals surface area (Å²) in [5, 5.41) is 16.8. The zero-order valence-electron chi connectivity index (χ0n) is 15.0. The van der Waals surface area contributed by atoms with Gasteiger partial charge >= 0.3 is 5.97 Å². The molecule has 2 aromatic rings. The summed E-state index contributed by atoms with van der Waals surface area (Å²) in [6, 6.07) is 8.17. The van der Waals surface area contributed by atoms with E-state index < -0.39 is 11.9 Å². The number of hydrazone groups is 1. The summed E-state index contributed by atoms with van der Waals surface area (Å²) in [5.41, 5.74) is 3.14. The van der Waals surface area contributed by atoms with Crippen molar-refractivity contribution in [1.29, 1.82) is 0 Å². The Morgan fingerprint density at radius 3 is 2.61 bits per heavy atom. The van der Waals surface area contributed by atoms with Crippen molar-refractivity contribution in [2.24, 2.45) is 5.10 Å². The number of amides is 1. The first kappa shape index (κ1) is 21.5. The minimum Gasteiger partial charge on any atom is -0.493 e. The molecular weight excluding hydrogens is 454 g/mol. The maximum absolute atomic E-state index is 11.9. The number of nitrogens with one attached hydrogen (secondary N) is 2. The molecule has 0 aliphatic heterocycles. The second-order valence-corrected chi connectivity index (χ2v) is 6.63. The largest absolute Gasteiger partial charge is 0.493 e. The molecule has 0 saturated heterocycles. The highest BCUT2D eigenvalue weighted by atomic mass is 79.9. The number of hydrogen-bond donors (Lipinski definition) is 3. The highest BCUT2D eigenvalue weighted by Gasteiger charge is 2.20. The highest BCUT2D eigenvalue weighted by molar-refractivity contribution is 9.10. The molecule has 8 nitrogen and oxygen atoms in total. The SMILES string of the molecule is COc1ccc(C=NNC(=O)CNc2ccc(Cl)cc2Br)c(C(=O)O)c1OC. The number of halogens is 2. The van der Waals surface area contributed by atoms with Gasteiger partial charge in [-0.3, -0.25) is 4.79 Å². The van der Waals surface area contributed by atoms with E-state index in [-0.39, 0.29) is 29.2 Å². The van der Waals surface area contributed by atoms with Crippen LogP contribution in [0.5, 0.6) is 11.5 Å². The van der Waals surface area contributed by atoms with Crippen molar-refractivity contribution in [3.63, 3.8) is 0 Å². The average Bonchev–Trinajstić information content (AvgIpc) is 2.66. The monoisotopic (exact) mass is 469 g/mol. The first-order chi connectivity index (χ1) is 13.4. The fraction of sp³-hybridized carbons (Fsp3) is 0.167. The summed E-state index contributed by atoms with van der Waals surface area (Å²) in [6.45, 7) is -0.0463. The van der Waals surface area contributed by atoms with Gasteiger partial charge in [0.15, 0.2) is 11.5 Å². The van der Waals surface area contributed by atoms with Gasteiger partial charge < -0.3 is 19.9 Å². The summed E-state index contributed by atoms with van der Waals surface area (Å²) in [5.74, 6) is -1.29. The van der Waals surface area contributed by atoms with Crippen LogP contribution in [0.2, 0.25) is 5.02 Å². The third-order valence-corrected chi connectivity index (χ3v) is 4.45. The van der Waals surface area contributed by atoms with Crippen molar-refractivity contribution in [2.45, 2.75) is 0 Å². The van der Waals surface area contributed by atoms with E-state index >= 15 is 0 Å². The summed E-state index contributed by atoms with van der Waals surface area (Å²) >= 11 is 9.21. The van der Waals surface area contributed by atoms with E-state index in [2.05, 4.69) is 31.8 Å². The van der Waals surface area contributed by atoms with Crippen LogP contribution in [0.4, 0.5) is 5.69 Å². The van der Waals surface area contributed by atoms with E-state index in [9.17, 15) is 14.7 Å². The van der Waals surface area contributed by atoms with Crippen LogP contribution in [0, 0.1) is 0 Å². The molecule has 10 heteroatoms. The van der Waals surface area contributed by atoms with Crippen LogP contribution in [0.3, 0.4) is 0 Å². The maximum atomic E-state index is 11.9. The fourth-order valence-corrected chi connectivity index (χ4v) is 3.11. The van der Waals surface area contributed by atoms with E-state index in [1.807, 2.05) is 0 Å². The Bertz CT molecular complexity index is 920. The molecule has 0 aromatic heterocycles. The van der Waals surface area contributed by atoms with Crippen LogP contribution >= 0.6 is 27.5 Å². The summed E-state index contributed by atoms with van der Waals surface area (Å²) in [4.78, 5) is 23.5. The fourth-order valence-electron chi connectivity index (χ4n) is 2.29. The number of nitrogens with zero attached hydrogens (tertiary/aromatic N) is 1. The van der Waals surface area contributed by atoms with Crippen LogP contribution in [0.15, 0.2) is 39.9 Å². The summed E-state index contributed by atoms with van der Waals surface area (Å²) in [6.07, 6.45) is 1.22. The summed E-state index contributed by atoms with van der Waals surface area (Å²) < 4.78 is 10.9. The molecule has 2 rings (SSSR count). The smallest absolute Gasteiger partial charge is 0.340 e. The zero-order chi connectivity index (χ0) is 20.7. The van der Waals surface area contributed by atoms with Crippen molar-refractivity contribution in [2.75, 3.05) is 26.1 Å². The lowest BCUT2D eigenvalue weighted by Gasteiger charge is -2.12. The molecule has 2 aromatic carbocycles. The van der Waals surface area contributed by atoms with Crippen LogP contribution in [-0.2, 0) is 4.79 Å². The molecule has 0 spiro atoms. The lowest BCUT2D eigenvalue weighted by Crippen LogP contribution is -2.26. The van der Waals surface area contributed by atoms with Crippen molar-refractivity contribution >= 4 is 51.3 Å². The molecule has 3 N–H and O–H groups in total. The second-order valence-electron chi connectivity index (χ2n) is 5.34. The van der Waals surface area contributed by atoms with Gasteiger partial charge in [0.1, 0.15) is 5.56 Å². The number of hydrogen-bond acceptors (Lipinski definition) is 6. The van der Waals surface area contributed by atoms with E-state index in [0.29, 0.717) is 15.2 Å². The Morgan fingerprint density at radius 2 is 2.00 bits per heavy atom. The number of methoxy groups -OCH3 is 2. The topological polar surface area (TPSA) is 109 Å². The molecular formula is C18H17BrClN3O5. The Balaban J connectivity index is 2.05. The Morgan fingerprint density at radius 1 is 1.25 bits per heavy atom. The van der Waals surface area contributed by atoms with Gasteiger partial charge in [0.05, 0.1) is 27.0 Å². The Kier molecular flexibility index (Phi) is 7.65. The number of benzene rings is 2. The number of carboxylic acids is 1. The van der Waals surface area contributed by atoms with E-state index in [0.717, 1.165) is 0 Å². The molecule has 0 aliphatic carbocycles. The van der Waals surface area contributed by atoms with Gasteiger partial charge in [0.2, 0.25) is 0 Å². The van der Waals surface area contributed by atoms with Crippen molar-refractivity contribution < 1.29 is 24.2 Å². The van der Waals surface area contributed by atoms with Crippen molar-refractivity contribution in [3.8, 4) is 11.5 Å². The number of carboxylic acid groups (broad SMARTS) is 1. The minimum atomic E-state index is -1.21. The third kappa shape index (κ3) is 5.37. The van der Waals surface area contributed by atoms with Crippen LogP contribution in [0.25, 0.3) is 0 Å². The van der Waals surface area contributed by atoms with Gasteiger partial charge in [-0.2, -0.15) is 5.10 Å². The number of carbonyl (C=O) groups is 2. The molecule has 0 atom stereocenters. The molecule has 0 bridgehead atoms. The molecule has 0 aliphatic rings. The van der Waals surface area contributed by atoms with Gasteiger partial charge in [-0.05, 0) is 46.3 Å². The van der Waals surface area contributed by atoms with E-state index in [1.54, 1.807) is 24.3 Å². The van der Waals surface area contributed by atoms with Gasteiger partial charge in [0.25, 0.3) is 5.91 Å². The van der Waals surface area contributed by atoms with Gasteiger partial charge in [-0.25, -0.2) is 10.2 Å². The molecule has 0 heterocycles. The number of rotatable bonds is 8. The third-order valence-electron chi connectivity index (χ3n) is 3.56. The molecule has 28 heavy (non-hydrogen) atoms. The van der Waals surface area contributed by atoms with Crippen molar-refractivity contribution in [1.82, 2.24) is 5.43 Å². The first-order valence-electron chi connectivity index (χ1n) is 7.86. The minimum absolute atomic E-state index is 0.0463. The maximum Gasteiger partial charge on any atom is 0.340 e. The number of ether oxygens (including phenoxy) is 2. The predicted molar refractivity (Wildman–Crippen MR) is 110 cm³/mol. The average molecular weight is 471 g/mol. The quantitative estimate of drug-likeness (QED) is 0.403. The molecule has 1 amide bonds. The predicted octanol–water partition coefficient (Wildman–Crippen LogP) is 3.38. The molecule has 0 unspecified atom stereocenters. The van der Waals surface area contributed by atoms with Gasteiger partial charge in [-0.15, -0.1) is 0 Å². The summed E-state index contributed by atoms with van der Waals surface area (Å²) in [7, 11) is 2.75. The normalized spacial score (nSPS) is 10.6. The Hall–Kier alpha value is -2.78. The van der Waals surface area contributed by atoms with Gasteiger partial charge in [0, 0.05) is 20.7 Å². The van der Waals surface area contributed by atoms with Crippen LogP contribution in [0.1, 0.15) is 15.9 Å². The lowest BCUT2D eigenvalue weighted by molar-refractivity contribution is -0.119. The first-order valence-corrected chi connectivity index (χ1v) is 9.03. The lowest BCUT2D eigenvalue weighted by atomic mass is 10.1. The van der Waals surface area contributed by atoms with Crippen LogP contribution < -0.4 is 20.2 Å². The molecule has 148 valence electrons. The molecule has 0 fully saturated rings. The van der Waals surface area contributed by atoms with Gasteiger partial charge in [-0.1, -0.05) is 11.6 Å². The number of aromatic carboxylic acids is 1. The van der Waals surface area contributed by atoms with E-state index in [4.69, 9.17) is 21.1 Å². The van der Waals surface area contributed by atoms with E-state index in [1.165, 1.54) is 26.5 Å². The molecule has 0 radical (unpaired) electrons. The number of carbonyl (C=O) groups excluding carboxylic acids is 1. The second kappa shape index (κ2) is 9.95. The standard InChI is InChI=1S/C18H17BrClN3O5/c1-27-14-6-3-10(16(18(25)26)17(14)28-2)8-22-23-15(24)9-21-13-5-4-11(20)7-12(13)19/h3-8,21H,9H2,1-2H3,(H,23,24)(H,25,26). The molecule has 0 saturated carbocycles. The van der Waals surface area contributed by atoms with Crippen molar-refractivity contribution in [3.05, 3.63) is 51.0 Å². The number of anilines is 1. The zero-order valence-corrected chi connectivity index (χ0v) is 17.3. The highest BCUT2D eigenvalue weighted by Crippen LogP contribution is 2.32. The Labute approximate surface area is 174 Å².